The monoisotopic (exact) mass is 266 g/mol. The van der Waals surface area contributed by atoms with E-state index in [1.54, 1.807) is 0 Å². The SMILES string of the molecule is C=CCCCCCC[C@H](C)CCC[C@H](C)CCCC. The molecule has 0 rings (SSSR count). The summed E-state index contributed by atoms with van der Waals surface area (Å²) in [6.45, 7) is 10.9. The Morgan fingerprint density at radius 1 is 0.737 bits per heavy atom. The first kappa shape index (κ1) is 18.7. The molecule has 0 aliphatic rings. The molecule has 0 aliphatic heterocycles. The van der Waals surface area contributed by atoms with Gasteiger partial charge >= 0.3 is 0 Å². The Bertz CT molecular complexity index is 182. The average Bonchev–Trinajstić information content (AvgIpc) is 2.40. The number of rotatable bonds is 14. The summed E-state index contributed by atoms with van der Waals surface area (Å²) in [4.78, 5) is 0. The van der Waals surface area contributed by atoms with Crippen molar-refractivity contribution in [2.24, 2.45) is 11.8 Å². The fourth-order valence-electron chi connectivity index (χ4n) is 2.79. The predicted octanol–water partition coefficient (Wildman–Crippen LogP) is 7.15. The fraction of sp³-hybridized carbons (Fsp3) is 0.895. The van der Waals surface area contributed by atoms with Crippen LogP contribution in [0.5, 0.6) is 0 Å². The first-order valence-corrected chi connectivity index (χ1v) is 8.81. The summed E-state index contributed by atoms with van der Waals surface area (Å²) in [5, 5.41) is 0. The van der Waals surface area contributed by atoms with E-state index in [2.05, 4.69) is 27.4 Å². The van der Waals surface area contributed by atoms with Crippen LogP contribution in [0.3, 0.4) is 0 Å². The highest BCUT2D eigenvalue weighted by atomic mass is 14.1. The van der Waals surface area contributed by atoms with E-state index in [1.165, 1.54) is 77.0 Å². The van der Waals surface area contributed by atoms with Gasteiger partial charge in [0.25, 0.3) is 0 Å². The average molecular weight is 267 g/mol. The van der Waals surface area contributed by atoms with Crippen molar-refractivity contribution in [1.82, 2.24) is 0 Å². The standard InChI is InChI=1S/C19H38/c1-5-7-9-10-11-12-15-19(4)17-13-16-18(3)14-8-6-2/h5,18-19H,1,6-17H2,2-4H3/t18-,19+/m1/s1. The topological polar surface area (TPSA) is 0 Å². The Balaban J connectivity index is 3.29. The van der Waals surface area contributed by atoms with E-state index in [0.717, 1.165) is 11.8 Å². The minimum absolute atomic E-state index is 0.942. The number of allylic oxidation sites excluding steroid dienone is 1. The molecule has 0 aliphatic carbocycles. The maximum absolute atomic E-state index is 3.77. The predicted molar refractivity (Wildman–Crippen MR) is 89.6 cm³/mol. The fourth-order valence-corrected chi connectivity index (χ4v) is 2.79. The summed E-state index contributed by atoms with van der Waals surface area (Å²) in [6, 6.07) is 0. The van der Waals surface area contributed by atoms with Gasteiger partial charge in [-0.1, -0.05) is 91.1 Å². The molecule has 0 unspecified atom stereocenters. The molecule has 0 saturated heterocycles. The van der Waals surface area contributed by atoms with Gasteiger partial charge in [-0.05, 0) is 24.7 Å². The lowest BCUT2D eigenvalue weighted by molar-refractivity contribution is 0.395. The lowest BCUT2D eigenvalue weighted by Crippen LogP contribution is -1.99. The van der Waals surface area contributed by atoms with Crippen molar-refractivity contribution in [2.75, 3.05) is 0 Å². The number of unbranched alkanes of at least 4 members (excludes halogenated alkanes) is 5. The molecule has 114 valence electrons. The van der Waals surface area contributed by atoms with Crippen molar-refractivity contribution in [1.29, 1.82) is 0 Å². The van der Waals surface area contributed by atoms with Gasteiger partial charge in [0.05, 0.1) is 0 Å². The van der Waals surface area contributed by atoms with Crippen LogP contribution in [0.1, 0.15) is 97.8 Å². The van der Waals surface area contributed by atoms with Crippen molar-refractivity contribution < 1.29 is 0 Å². The van der Waals surface area contributed by atoms with Gasteiger partial charge < -0.3 is 0 Å². The normalized spacial score (nSPS) is 14.3. The van der Waals surface area contributed by atoms with E-state index in [1.807, 2.05) is 6.08 Å². The number of hydrogen-bond acceptors (Lipinski definition) is 0. The van der Waals surface area contributed by atoms with Crippen LogP contribution in [0.2, 0.25) is 0 Å². The molecule has 0 spiro atoms. The van der Waals surface area contributed by atoms with Crippen molar-refractivity contribution in [3.05, 3.63) is 12.7 Å². The Kier molecular flexibility index (Phi) is 14.0. The van der Waals surface area contributed by atoms with Crippen molar-refractivity contribution in [2.45, 2.75) is 97.8 Å². The lowest BCUT2D eigenvalue weighted by atomic mass is 9.92. The van der Waals surface area contributed by atoms with Crippen LogP contribution in [-0.4, -0.2) is 0 Å². The highest BCUT2D eigenvalue weighted by Gasteiger charge is 2.05. The second-order valence-electron chi connectivity index (χ2n) is 6.56. The molecule has 0 heteroatoms. The maximum atomic E-state index is 3.77. The van der Waals surface area contributed by atoms with Crippen LogP contribution in [-0.2, 0) is 0 Å². The third-order valence-corrected chi connectivity index (χ3v) is 4.30. The van der Waals surface area contributed by atoms with Gasteiger partial charge in [-0.25, -0.2) is 0 Å². The van der Waals surface area contributed by atoms with Crippen LogP contribution in [0, 0.1) is 11.8 Å². The van der Waals surface area contributed by atoms with Crippen LogP contribution in [0.25, 0.3) is 0 Å². The van der Waals surface area contributed by atoms with E-state index in [-0.39, 0.29) is 0 Å². The minimum Gasteiger partial charge on any atom is -0.103 e. The second-order valence-corrected chi connectivity index (χ2v) is 6.56. The molecular formula is C19H38. The molecule has 0 bridgehead atoms. The minimum atomic E-state index is 0.942. The third-order valence-electron chi connectivity index (χ3n) is 4.30. The maximum Gasteiger partial charge on any atom is -0.0353 e. The smallest absolute Gasteiger partial charge is 0.0353 e. The zero-order chi connectivity index (χ0) is 14.3. The zero-order valence-electron chi connectivity index (χ0n) is 13.9. The van der Waals surface area contributed by atoms with Crippen LogP contribution >= 0.6 is 0 Å². The van der Waals surface area contributed by atoms with Crippen LogP contribution < -0.4 is 0 Å². The summed E-state index contributed by atoms with van der Waals surface area (Å²) in [5.74, 6) is 1.89. The van der Waals surface area contributed by atoms with Gasteiger partial charge in [0.15, 0.2) is 0 Å². The van der Waals surface area contributed by atoms with Gasteiger partial charge in [0, 0.05) is 0 Å². The molecule has 0 saturated carbocycles. The molecular weight excluding hydrogens is 228 g/mol. The molecule has 0 heterocycles. The van der Waals surface area contributed by atoms with Gasteiger partial charge in [0.2, 0.25) is 0 Å². The summed E-state index contributed by atoms with van der Waals surface area (Å²) in [5.41, 5.74) is 0. The largest absolute Gasteiger partial charge is 0.103 e. The highest BCUT2D eigenvalue weighted by Crippen LogP contribution is 2.20. The summed E-state index contributed by atoms with van der Waals surface area (Å²) >= 11 is 0. The molecule has 0 aromatic rings. The van der Waals surface area contributed by atoms with E-state index in [4.69, 9.17) is 0 Å². The molecule has 2 atom stereocenters. The van der Waals surface area contributed by atoms with E-state index >= 15 is 0 Å². The van der Waals surface area contributed by atoms with Gasteiger partial charge in [-0.15, -0.1) is 6.58 Å². The van der Waals surface area contributed by atoms with Crippen molar-refractivity contribution in [3.8, 4) is 0 Å². The zero-order valence-corrected chi connectivity index (χ0v) is 13.9. The first-order chi connectivity index (χ1) is 9.20. The molecule has 0 N–H and O–H groups in total. The summed E-state index contributed by atoms with van der Waals surface area (Å²) in [6.07, 6.45) is 18.8. The van der Waals surface area contributed by atoms with E-state index < -0.39 is 0 Å². The molecule has 0 aromatic carbocycles. The molecule has 0 fully saturated rings. The second kappa shape index (κ2) is 14.2. The van der Waals surface area contributed by atoms with Crippen LogP contribution in [0.15, 0.2) is 12.7 Å². The van der Waals surface area contributed by atoms with Crippen molar-refractivity contribution >= 4 is 0 Å². The van der Waals surface area contributed by atoms with E-state index in [9.17, 15) is 0 Å². The Morgan fingerprint density at radius 2 is 1.26 bits per heavy atom. The Morgan fingerprint density at radius 3 is 1.84 bits per heavy atom. The van der Waals surface area contributed by atoms with Crippen LogP contribution in [0.4, 0.5) is 0 Å². The highest BCUT2D eigenvalue weighted by molar-refractivity contribution is 4.65. The molecule has 0 aromatic heterocycles. The third kappa shape index (κ3) is 14.0. The lowest BCUT2D eigenvalue weighted by Gasteiger charge is -2.14. The molecule has 0 radical (unpaired) electrons. The van der Waals surface area contributed by atoms with E-state index in [0.29, 0.717) is 0 Å². The quantitative estimate of drug-likeness (QED) is 0.231. The van der Waals surface area contributed by atoms with Gasteiger partial charge in [0.1, 0.15) is 0 Å². The molecule has 19 heavy (non-hydrogen) atoms. The number of hydrogen-bond donors (Lipinski definition) is 0. The summed E-state index contributed by atoms with van der Waals surface area (Å²) in [7, 11) is 0. The molecule has 0 nitrogen and oxygen atoms in total. The van der Waals surface area contributed by atoms with Gasteiger partial charge in [-0.3, -0.25) is 0 Å². The Hall–Kier alpha value is -0.260. The summed E-state index contributed by atoms with van der Waals surface area (Å²) < 4.78 is 0. The van der Waals surface area contributed by atoms with Gasteiger partial charge in [-0.2, -0.15) is 0 Å². The first-order valence-electron chi connectivity index (χ1n) is 8.81. The van der Waals surface area contributed by atoms with Crippen molar-refractivity contribution in [3.63, 3.8) is 0 Å². The Labute approximate surface area is 123 Å². The molecule has 0 amide bonds.